The number of ether oxygens (including phenoxy) is 1. The van der Waals surface area contributed by atoms with Gasteiger partial charge in [0.25, 0.3) is 5.91 Å². The van der Waals surface area contributed by atoms with Crippen LogP contribution in [-0.2, 0) is 4.74 Å². The van der Waals surface area contributed by atoms with Crippen LogP contribution in [0.4, 0.5) is 4.39 Å². The first kappa shape index (κ1) is 22.9. The van der Waals surface area contributed by atoms with Gasteiger partial charge in [0.05, 0.1) is 28.8 Å². The predicted octanol–water partition coefficient (Wildman–Crippen LogP) is 5.27. The van der Waals surface area contributed by atoms with E-state index < -0.39 is 17.7 Å². The second-order valence-corrected chi connectivity index (χ2v) is 8.82. The summed E-state index contributed by atoms with van der Waals surface area (Å²) in [5.74, 6) is -2.05. The van der Waals surface area contributed by atoms with Crippen LogP contribution in [-0.4, -0.2) is 39.5 Å². The number of hydrogen-bond acceptors (Lipinski definition) is 6. The lowest BCUT2D eigenvalue weighted by molar-refractivity contribution is 0.0600. The lowest BCUT2D eigenvalue weighted by atomic mass is 10.1. The van der Waals surface area contributed by atoms with E-state index in [1.165, 1.54) is 25.4 Å². The zero-order chi connectivity index (χ0) is 24.9. The molecule has 2 aromatic carbocycles. The van der Waals surface area contributed by atoms with Crippen molar-refractivity contribution >= 4 is 40.3 Å². The number of halogens is 2. The van der Waals surface area contributed by atoms with E-state index in [-0.39, 0.29) is 50.1 Å². The van der Waals surface area contributed by atoms with Crippen molar-refractivity contribution in [2.24, 2.45) is 5.92 Å². The maximum Gasteiger partial charge on any atom is 0.337 e. The molecule has 0 saturated heterocycles. The van der Waals surface area contributed by atoms with Crippen LogP contribution in [0.1, 0.15) is 49.5 Å². The van der Waals surface area contributed by atoms with Crippen LogP contribution in [0, 0.1) is 18.7 Å². The standard InChI is InChI=1S/C26H19ClFN3O4/c1-13-4-3-5-18(27)21(13)25(33)31-20-11-16(24(32)14-6-7-14)12-29-23(20)22(30-31)17-9-8-15(10-19(17)28)26(34)35-2/h3-5,8-12,14H,6-7H2,1-2H3. The Balaban J connectivity index is 1.72. The molecule has 5 rings (SSSR count). The van der Waals surface area contributed by atoms with Gasteiger partial charge in [-0.05, 0) is 55.7 Å². The summed E-state index contributed by atoms with van der Waals surface area (Å²) in [7, 11) is 1.20. The van der Waals surface area contributed by atoms with Gasteiger partial charge in [-0.25, -0.2) is 9.18 Å². The van der Waals surface area contributed by atoms with E-state index in [1.54, 1.807) is 31.2 Å². The van der Waals surface area contributed by atoms with Crippen LogP contribution in [0.25, 0.3) is 22.3 Å². The molecule has 2 heterocycles. The molecule has 2 aromatic heterocycles. The number of pyridine rings is 1. The number of fused-ring (bicyclic) bond motifs is 1. The van der Waals surface area contributed by atoms with Crippen molar-refractivity contribution in [3.05, 3.63) is 81.8 Å². The molecule has 4 aromatic rings. The molecule has 0 unspecified atom stereocenters. The Bertz CT molecular complexity index is 1520. The second kappa shape index (κ2) is 8.70. The number of aryl methyl sites for hydroxylation is 1. The lowest BCUT2D eigenvalue weighted by Crippen LogP contribution is -2.16. The first-order valence-corrected chi connectivity index (χ1v) is 11.3. The number of benzene rings is 2. The first-order valence-electron chi connectivity index (χ1n) is 10.9. The minimum absolute atomic E-state index is 0.0329. The summed E-state index contributed by atoms with van der Waals surface area (Å²) in [5.41, 5.74) is 1.90. The number of aromatic nitrogens is 3. The lowest BCUT2D eigenvalue weighted by Gasteiger charge is -2.08. The molecule has 176 valence electrons. The van der Waals surface area contributed by atoms with Crippen LogP contribution in [0.2, 0.25) is 5.02 Å². The largest absolute Gasteiger partial charge is 0.465 e. The van der Waals surface area contributed by atoms with E-state index in [0.717, 1.165) is 23.6 Å². The molecule has 0 N–H and O–H groups in total. The summed E-state index contributed by atoms with van der Waals surface area (Å²) in [6.45, 7) is 1.75. The van der Waals surface area contributed by atoms with Gasteiger partial charge >= 0.3 is 5.97 Å². The molecule has 0 bridgehead atoms. The maximum absolute atomic E-state index is 15.1. The van der Waals surface area contributed by atoms with E-state index in [0.29, 0.717) is 11.1 Å². The van der Waals surface area contributed by atoms with Crippen LogP contribution in [0.5, 0.6) is 0 Å². The third-order valence-corrected chi connectivity index (χ3v) is 6.34. The fraction of sp³-hybridized carbons (Fsp3) is 0.192. The molecule has 0 atom stereocenters. The maximum atomic E-state index is 15.1. The number of carbonyl (C=O) groups excluding carboxylic acids is 3. The third kappa shape index (κ3) is 4.00. The summed E-state index contributed by atoms with van der Waals surface area (Å²) >= 11 is 6.33. The molecular formula is C26H19ClFN3O4. The number of Topliss-reactive ketones (excluding diaryl/α,β-unsaturated/α-hetero) is 1. The highest BCUT2D eigenvalue weighted by Gasteiger charge is 2.32. The Morgan fingerprint density at radius 2 is 1.89 bits per heavy atom. The number of nitrogens with zero attached hydrogens (tertiary/aromatic N) is 3. The van der Waals surface area contributed by atoms with Gasteiger partial charge in [-0.3, -0.25) is 14.6 Å². The van der Waals surface area contributed by atoms with Crippen molar-refractivity contribution in [3.63, 3.8) is 0 Å². The van der Waals surface area contributed by atoms with E-state index >= 15 is 4.39 Å². The molecule has 1 saturated carbocycles. The topological polar surface area (TPSA) is 91.1 Å². The average molecular weight is 492 g/mol. The highest BCUT2D eigenvalue weighted by atomic mass is 35.5. The number of esters is 1. The summed E-state index contributed by atoms with van der Waals surface area (Å²) < 4.78 is 20.8. The Kier molecular flexibility index (Phi) is 5.68. The van der Waals surface area contributed by atoms with Crippen molar-refractivity contribution in [3.8, 4) is 11.3 Å². The Morgan fingerprint density at radius 1 is 1.11 bits per heavy atom. The van der Waals surface area contributed by atoms with E-state index in [4.69, 9.17) is 11.6 Å². The summed E-state index contributed by atoms with van der Waals surface area (Å²) in [4.78, 5) is 42.5. The summed E-state index contributed by atoms with van der Waals surface area (Å²) in [6.07, 6.45) is 3.05. The van der Waals surface area contributed by atoms with Gasteiger partial charge in [-0.1, -0.05) is 23.7 Å². The molecule has 0 radical (unpaired) electrons. The molecule has 0 amide bonds. The van der Waals surface area contributed by atoms with Crippen molar-refractivity contribution in [2.75, 3.05) is 7.11 Å². The minimum atomic E-state index is -0.735. The zero-order valence-electron chi connectivity index (χ0n) is 18.8. The Labute approximate surface area is 204 Å². The number of methoxy groups -OCH3 is 1. The number of rotatable bonds is 5. The Hall–Kier alpha value is -3.91. The fourth-order valence-electron chi connectivity index (χ4n) is 4.01. The monoisotopic (exact) mass is 491 g/mol. The van der Waals surface area contributed by atoms with Gasteiger partial charge in [-0.2, -0.15) is 9.78 Å². The molecule has 7 nitrogen and oxygen atoms in total. The Morgan fingerprint density at radius 3 is 2.54 bits per heavy atom. The van der Waals surface area contributed by atoms with Gasteiger partial charge < -0.3 is 4.74 Å². The molecule has 9 heteroatoms. The zero-order valence-corrected chi connectivity index (χ0v) is 19.6. The van der Waals surface area contributed by atoms with Gasteiger partial charge in [0, 0.05) is 23.2 Å². The molecule has 0 spiro atoms. The molecular weight excluding hydrogens is 473 g/mol. The second-order valence-electron chi connectivity index (χ2n) is 8.41. The molecule has 35 heavy (non-hydrogen) atoms. The van der Waals surface area contributed by atoms with Crippen LogP contribution in [0.3, 0.4) is 0 Å². The van der Waals surface area contributed by atoms with E-state index in [1.807, 2.05) is 0 Å². The van der Waals surface area contributed by atoms with Crippen molar-refractivity contribution in [2.45, 2.75) is 19.8 Å². The molecule has 1 fully saturated rings. The molecule has 0 aliphatic heterocycles. The van der Waals surface area contributed by atoms with E-state index in [9.17, 15) is 14.4 Å². The van der Waals surface area contributed by atoms with Crippen LogP contribution < -0.4 is 0 Å². The first-order chi connectivity index (χ1) is 16.8. The quantitative estimate of drug-likeness (QED) is 0.279. The number of hydrogen-bond donors (Lipinski definition) is 0. The normalized spacial score (nSPS) is 13.1. The van der Waals surface area contributed by atoms with Gasteiger partial charge in [0.1, 0.15) is 17.0 Å². The van der Waals surface area contributed by atoms with E-state index in [2.05, 4.69) is 14.8 Å². The minimum Gasteiger partial charge on any atom is -0.465 e. The van der Waals surface area contributed by atoms with Gasteiger partial charge in [0.2, 0.25) is 0 Å². The van der Waals surface area contributed by atoms with Crippen LogP contribution in [0.15, 0.2) is 48.7 Å². The van der Waals surface area contributed by atoms with Crippen molar-refractivity contribution < 1.29 is 23.5 Å². The SMILES string of the molecule is COC(=O)c1ccc(-c2nn(C(=O)c3c(C)cccc3Cl)c3cc(C(=O)C4CC4)cnc23)c(F)c1. The van der Waals surface area contributed by atoms with Crippen molar-refractivity contribution in [1.29, 1.82) is 0 Å². The number of carbonyl (C=O) groups is 3. The fourth-order valence-corrected chi connectivity index (χ4v) is 4.31. The van der Waals surface area contributed by atoms with Gasteiger partial charge in [-0.15, -0.1) is 0 Å². The van der Waals surface area contributed by atoms with Crippen molar-refractivity contribution in [1.82, 2.24) is 14.8 Å². The van der Waals surface area contributed by atoms with Crippen LogP contribution >= 0.6 is 11.6 Å². The predicted molar refractivity (Wildman–Crippen MR) is 127 cm³/mol. The number of ketones is 1. The molecule has 1 aliphatic carbocycles. The molecule has 1 aliphatic rings. The third-order valence-electron chi connectivity index (χ3n) is 6.03. The smallest absolute Gasteiger partial charge is 0.337 e. The highest BCUT2D eigenvalue weighted by molar-refractivity contribution is 6.34. The van der Waals surface area contributed by atoms with Gasteiger partial charge in [0.15, 0.2) is 5.78 Å². The average Bonchev–Trinajstić information content (AvgIpc) is 3.63. The highest BCUT2D eigenvalue weighted by Crippen LogP contribution is 2.35. The summed E-state index contributed by atoms with van der Waals surface area (Å²) in [6, 6.07) is 10.5. The summed E-state index contributed by atoms with van der Waals surface area (Å²) in [5, 5.41) is 4.66.